The van der Waals surface area contributed by atoms with Crippen LogP contribution in [0.2, 0.25) is 0 Å². The van der Waals surface area contributed by atoms with Gasteiger partial charge in [-0.15, -0.1) is 0 Å². The summed E-state index contributed by atoms with van der Waals surface area (Å²) in [5.41, 5.74) is 4.00. The maximum Gasteiger partial charge on any atom is 0.260 e. The third-order valence-corrected chi connectivity index (χ3v) is 6.62. The molecule has 3 aromatic carbocycles. The van der Waals surface area contributed by atoms with Gasteiger partial charge in [-0.2, -0.15) is 0 Å². The van der Waals surface area contributed by atoms with E-state index in [-0.39, 0.29) is 5.91 Å². The molecule has 1 aromatic heterocycles. The van der Waals surface area contributed by atoms with Gasteiger partial charge < -0.3 is 9.64 Å². The molecule has 0 aliphatic rings. The van der Waals surface area contributed by atoms with E-state index in [9.17, 15) is 4.79 Å². The molecule has 4 aromatic rings. The molecule has 0 saturated heterocycles. The van der Waals surface area contributed by atoms with Crippen molar-refractivity contribution < 1.29 is 9.53 Å². The van der Waals surface area contributed by atoms with Crippen LogP contribution in [-0.4, -0.2) is 49.6 Å². The number of aromatic nitrogens is 1. The molecule has 1 amide bonds. The van der Waals surface area contributed by atoms with Crippen molar-refractivity contribution in [3.8, 4) is 5.75 Å². The number of anilines is 1. The van der Waals surface area contributed by atoms with Crippen LogP contribution in [-0.2, 0) is 6.42 Å². The Morgan fingerprint density at radius 3 is 2.38 bits per heavy atom. The van der Waals surface area contributed by atoms with Gasteiger partial charge in [-0.1, -0.05) is 53.8 Å². The zero-order chi connectivity index (χ0) is 23.9. The van der Waals surface area contributed by atoms with Gasteiger partial charge >= 0.3 is 0 Å². The predicted molar refractivity (Wildman–Crippen MR) is 141 cm³/mol. The molecule has 5 nitrogen and oxygen atoms in total. The molecule has 0 unspecified atom stereocenters. The van der Waals surface area contributed by atoms with Gasteiger partial charge in [-0.25, -0.2) is 4.98 Å². The number of nitrogens with zero attached hydrogens (tertiary/aromatic N) is 3. The SMILES string of the molecule is CCOc1ccc2nc(N(CCCN(C)C)C(=O)c3ccc(Cc4ccccc4)cc3)sc2c1. The second kappa shape index (κ2) is 11.3. The smallest absolute Gasteiger partial charge is 0.260 e. The molecule has 176 valence electrons. The van der Waals surface area contributed by atoms with E-state index < -0.39 is 0 Å². The highest BCUT2D eigenvalue weighted by Crippen LogP contribution is 2.32. The van der Waals surface area contributed by atoms with Crippen LogP contribution in [0.1, 0.15) is 34.8 Å². The van der Waals surface area contributed by atoms with Gasteiger partial charge in [0, 0.05) is 12.1 Å². The fourth-order valence-corrected chi connectivity index (χ4v) is 4.86. The van der Waals surface area contributed by atoms with E-state index in [4.69, 9.17) is 9.72 Å². The minimum absolute atomic E-state index is 0.0193. The summed E-state index contributed by atoms with van der Waals surface area (Å²) in [6, 6.07) is 24.2. The van der Waals surface area contributed by atoms with Crippen LogP contribution in [0.3, 0.4) is 0 Å². The normalized spacial score (nSPS) is 11.2. The minimum Gasteiger partial charge on any atom is -0.494 e. The maximum absolute atomic E-state index is 13.6. The van der Waals surface area contributed by atoms with Crippen LogP contribution in [0.25, 0.3) is 10.2 Å². The molecular weight excluding hydrogens is 442 g/mol. The Balaban J connectivity index is 1.57. The summed E-state index contributed by atoms with van der Waals surface area (Å²) in [4.78, 5) is 22.3. The van der Waals surface area contributed by atoms with Gasteiger partial charge in [0.15, 0.2) is 5.13 Å². The number of hydrogen-bond acceptors (Lipinski definition) is 5. The predicted octanol–water partition coefficient (Wildman–Crippen LogP) is 5.88. The summed E-state index contributed by atoms with van der Waals surface area (Å²) >= 11 is 1.53. The van der Waals surface area contributed by atoms with Crippen molar-refractivity contribution >= 4 is 32.6 Å². The topological polar surface area (TPSA) is 45.7 Å². The van der Waals surface area contributed by atoms with Crippen LogP contribution >= 0.6 is 11.3 Å². The van der Waals surface area contributed by atoms with E-state index in [2.05, 4.69) is 17.0 Å². The third-order valence-electron chi connectivity index (χ3n) is 5.57. The summed E-state index contributed by atoms with van der Waals surface area (Å²) in [6.45, 7) is 4.10. The Kier molecular flexibility index (Phi) is 7.93. The number of carbonyl (C=O) groups excluding carboxylic acids is 1. The number of thiazole rings is 1. The number of amides is 1. The zero-order valence-corrected chi connectivity index (χ0v) is 20.8. The van der Waals surface area contributed by atoms with Gasteiger partial charge in [-0.05, 0) is 81.9 Å². The van der Waals surface area contributed by atoms with E-state index in [1.807, 2.05) is 86.6 Å². The second-order valence-electron chi connectivity index (χ2n) is 8.53. The molecule has 0 N–H and O–H groups in total. The monoisotopic (exact) mass is 473 g/mol. The molecule has 1 heterocycles. The first kappa shape index (κ1) is 23.9. The molecule has 0 fully saturated rings. The lowest BCUT2D eigenvalue weighted by Gasteiger charge is -2.21. The molecule has 0 aliphatic heterocycles. The van der Waals surface area contributed by atoms with Crippen molar-refractivity contribution in [3.63, 3.8) is 0 Å². The van der Waals surface area contributed by atoms with E-state index in [0.29, 0.717) is 18.7 Å². The fourth-order valence-electron chi connectivity index (χ4n) is 3.85. The molecule has 0 atom stereocenters. The van der Waals surface area contributed by atoms with Crippen molar-refractivity contribution in [2.75, 3.05) is 38.7 Å². The first-order valence-electron chi connectivity index (χ1n) is 11.7. The van der Waals surface area contributed by atoms with Crippen LogP contribution in [0.5, 0.6) is 5.75 Å². The van der Waals surface area contributed by atoms with Crippen LogP contribution in [0, 0.1) is 0 Å². The largest absolute Gasteiger partial charge is 0.494 e. The lowest BCUT2D eigenvalue weighted by Crippen LogP contribution is -2.33. The molecule has 6 heteroatoms. The summed E-state index contributed by atoms with van der Waals surface area (Å²) in [5.74, 6) is 0.804. The van der Waals surface area contributed by atoms with Gasteiger partial charge in [0.2, 0.25) is 0 Å². The number of benzene rings is 3. The number of carbonyl (C=O) groups is 1. The van der Waals surface area contributed by atoms with Gasteiger partial charge in [-0.3, -0.25) is 9.69 Å². The van der Waals surface area contributed by atoms with E-state index in [1.54, 1.807) is 0 Å². The molecule has 0 radical (unpaired) electrons. The van der Waals surface area contributed by atoms with Crippen molar-refractivity contribution in [3.05, 3.63) is 89.5 Å². The Morgan fingerprint density at radius 1 is 0.941 bits per heavy atom. The van der Waals surface area contributed by atoms with Crippen LogP contribution in [0.4, 0.5) is 5.13 Å². The molecular formula is C28H31N3O2S. The summed E-state index contributed by atoms with van der Waals surface area (Å²) in [7, 11) is 4.09. The Bertz CT molecular complexity index is 1220. The van der Waals surface area contributed by atoms with Crippen molar-refractivity contribution in [1.29, 1.82) is 0 Å². The number of hydrogen-bond donors (Lipinski definition) is 0. The first-order valence-corrected chi connectivity index (χ1v) is 12.5. The standard InChI is InChI=1S/C28H31N3O2S/c1-4-33-24-15-16-25-26(20-24)34-28(29-25)31(18-8-17-30(2)3)27(32)23-13-11-22(12-14-23)19-21-9-6-5-7-10-21/h5-7,9-16,20H,4,8,17-19H2,1-3H3. The number of fused-ring (bicyclic) bond motifs is 1. The molecule has 0 bridgehead atoms. The van der Waals surface area contributed by atoms with Gasteiger partial charge in [0.1, 0.15) is 5.75 Å². The summed E-state index contributed by atoms with van der Waals surface area (Å²) in [5, 5.41) is 0.723. The maximum atomic E-state index is 13.6. The summed E-state index contributed by atoms with van der Waals surface area (Å²) in [6.07, 6.45) is 1.72. The molecule has 0 saturated carbocycles. The average Bonchev–Trinajstić information content (AvgIpc) is 3.26. The molecule has 0 aliphatic carbocycles. The molecule has 4 rings (SSSR count). The zero-order valence-electron chi connectivity index (χ0n) is 20.0. The van der Waals surface area contributed by atoms with E-state index in [1.165, 1.54) is 22.5 Å². The lowest BCUT2D eigenvalue weighted by atomic mass is 10.0. The van der Waals surface area contributed by atoms with Crippen molar-refractivity contribution in [2.45, 2.75) is 19.8 Å². The van der Waals surface area contributed by atoms with E-state index >= 15 is 0 Å². The second-order valence-corrected chi connectivity index (χ2v) is 9.54. The van der Waals surface area contributed by atoms with Gasteiger partial charge in [0.25, 0.3) is 5.91 Å². The van der Waals surface area contributed by atoms with E-state index in [0.717, 1.165) is 40.5 Å². The minimum atomic E-state index is -0.0193. The highest BCUT2D eigenvalue weighted by atomic mass is 32.1. The quantitative estimate of drug-likeness (QED) is 0.288. The van der Waals surface area contributed by atoms with Crippen molar-refractivity contribution in [1.82, 2.24) is 9.88 Å². The van der Waals surface area contributed by atoms with Gasteiger partial charge in [0.05, 0.1) is 16.8 Å². The number of ether oxygens (including phenoxy) is 1. The highest BCUT2D eigenvalue weighted by Gasteiger charge is 2.21. The number of rotatable bonds is 10. The Morgan fingerprint density at radius 2 is 1.68 bits per heavy atom. The van der Waals surface area contributed by atoms with Crippen molar-refractivity contribution in [2.24, 2.45) is 0 Å². The molecule has 34 heavy (non-hydrogen) atoms. The lowest BCUT2D eigenvalue weighted by molar-refractivity contribution is 0.0986. The fraction of sp³-hybridized carbons (Fsp3) is 0.286. The molecule has 0 spiro atoms. The first-order chi connectivity index (χ1) is 16.5. The summed E-state index contributed by atoms with van der Waals surface area (Å²) < 4.78 is 6.66. The van der Waals surface area contributed by atoms with Crippen LogP contribution < -0.4 is 9.64 Å². The Hall–Kier alpha value is -3.22. The highest BCUT2D eigenvalue weighted by molar-refractivity contribution is 7.22. The van der Waals surface area contributed by atoms with Crippen LogP contribution in [0.15, 0.2) is 72.8 Å². The Labute approximate surface area is 205 Å². The average molecular weight is 474 g/mol. The third kappa shape index (κ3) is 6.01.